The maximum atomic E-state index is 8.99. The highest BCUT2D eigenvalue weighted by molar-refractivity contribution is 8.04. The Morgan fingerprint density at radius 3 is 2.90 bits per heavy atom. The molecule has 3 nitrogen and oxygen atoms in total. The standard InChI is InChI=1S/C6H8N2OS/c1-5(10-4-8)6(9)2-3-7/h2-3,5,7,9H,1H3/b6-2-,7-3?/t5-/m0/s1. The second kappa shape index (κ2) is 4.89. The number of aliphatic hydroxyl groups is 1. The van der Waals surface area contributed by atoms with E-state index in [1.807, 2.05) is 5.40 Å². The number of nitrogens with zero attached hydrogens (tertiary/aromatic N) is 1. The molecule has 0 aliphatic heterocycles. The van der Waals surface area contributed by atoms with Crippen LogP contribution in [-0.4, -0.2) is 16.6 Å². The van der Waals surface area contributed by atoms with Crippen LogP contribution in [0.1, 0.15) is 6.92 Å². The number of thiocyanates is 1. The van der Waals surface area contributed by atoms with E-state index in [1.54, 1.807) is 6.92 Å². The third kappa shape index (κ3) is 3.15. The number of hydrogen-bond acceptors (Lipinski definition) is 4. The Hall–Kier alpha value is -0.950. The van der Waals surface area contributed by atoms with Gasteiger partial charge < -0.3 is 10.5 Å². The molecule has 4 heteroatoms. The van der Waals surface area contributed by atoms with E-state index in [0.29, 0.717) is 0 Å². The summed E-state index contributed by atoms with van der Waals surface area (Å²) in [5.74, 6) is 0.0570. The monoisotopic (exact) mass is 156 g/mol. The van der Waals surface area contributed by atoms with Gasteiger partial charge in [-0.15, -0.1) is 0 Å². The maximum absolute atomic E-state index is 8.99. The molecule has 0 radical (unpaired) electrons. The molecule has 0 amide bonds. The minimum Gasteiger partial charge on any atom is -0.511 e. The van der Waals surface area contributed by atoms with Crippen molar-refractivity contribution in [3.05, 3.63) is 11.8 Å². The first kappa shape index (κ1) is 9.05. The summed E-state index contributed by atoms with van der Waals surface area (Å²) in [4.78, 5) is 0. The normalized spacial score (nSPS) is 13.8. The quantitative estimate of drug-likeness (QED) is 0.371. The highest BCUT2D eigenvalue weighted by Crippen LogP contribution is 2.14. The highest BCUT2D eigenvalue weighted by Gasteiger charge is 2.05. The van der Waals surface area contributed by atoms with Gasteiger partial charge in [0.15, 0.2) is 0 Å². The van der Waals surface area contributed by atoms with Gasteiger partial charge in [-0.2, -0.15) is 5.26 Å². The van der Waals surface area contributed by atoms with Crippen LogP contribution in [0.15, 0.2) is 11.8 Å². The van der Waals surface area contributed by atoms with Crippen molar-refractivity contribution in [3.8, 4) is 5.40 Å². The molecule has 2 N–H and O–H groups in total. The van der Waals surface area contributed by atoms with Gasteiger partial charge in [0, 0.05) is 6.21 Å². The van der Waals surface area contributed by atoms with Gasteiger partial charge in [0.2, 0.25) is 0 Å². The molecule has 0 saturated heterocycles. The van der Waals surface area contributed by atoms with Crippen molar-refractivity contribution < 1.29 is 5.11 Å². The van der Waals surface area contributed by atoms with Crippen LogP contribution in [0.5, 0.6) is 0 Å². The molecule has 0 aromatic rings. The zero-order chi connectivity index (χ0) is 7.98. The molecule has 0 aromatic heterocycles. The van der Waals surface area contributed by atoms with Gasteiger partial charge >= 0.3 is 0 Å². The third-order valence-corrected chi connectivity index (χ3v) is 1.60. The summed E-state index contributed by atoms with van der Waals surface area (Å²) < 4.78 is 0. The zero-order valence-corrected chi connectivity index (χ0v) is 6.35. The molecule has 0 heterocycles. The summed E-state index contributed by atoms with van der Waals surface area (Å²) in [5, 5.41) is 25.4. The van der Waals surface area contributed by atoms with Gasteiger partial charge in [-0.3, -0.25) is 0 Å². The Bertz CT molecular complexity index is 183. The van der Waals surface area contributed by atoms with Crippen molar-refractivity contribution in [1.82, 2.24) is 0 Å². The molecule has 0 unspecified atom stereocenters. The summed E-state index contributed by atoms with van der Waals surface area (Å²) in [6.45, 7) is 1.70. The molecule has 0 fully saturated rings. The first-order chi connectivity index (χ1) is 4.72. The lowest BCUT2D eigenvalue weighted by Crippen LogP contribution is -1.98. The van der Waals surface area contributed by atoms with Gasteiger partial charge in [-0.05, 0) is 24.8 Å². The summed E-state index contributed by atoms with van der Waals surface area (Å²) in [6, 6.07) is 0. The van der Waals surface area contributed by atoms with E-state index in [-0.39, 0.29) is 11.0 Å². The first-order valence-corrected chi connectivity index (χ1v) is 3.54. The molecule has 0 rings (SSSR count). The Morgan fingerprint density at radius 2 is 2.50 bits per heavy atom. The van der Waals surface area contributed by atoms with Crippen LogP contribution < -0.4 is 0 Å². The number of allylic oxidation sites excluding steroid dienone is 1. The fourth-order valence-corrected chi connectivity index (χ4v) is 0.718. The predicted molar refractivity (Wildman–Crippen MR) is 42.2 cm³/mol. The van der Waals surface area contributed by atoms with E-state index in [0.717, 1.165) is 18.0 Å². The number of thioether (sulfide) groups is 1. The summed E-state index contributed by atoms with van der Waals surface area (Å²) in [5.41, 5.74) is 0. The lowest BCUT2D eigenvalue weighted by Gasteiger charge is -2.01. The Kier molecular flexibility index (Phi) is 4.42. The summed E-state index contributed by atoms with van der Waals surface area (Å²) in [6.07, 6.45) is 2.25. The second-order valence-corrected chi connectivity index (χ2v) is 2.73. The molecule has 1 atom stereocenters. The van der Waals surface area contributed by atoms with Gasteiger partial charge in [0.25, 0.3) is 0 Å². The molecular weight excluding hydrogens is 148 g/mol. The molecule has 54 valence electrons. The summed E-state index contributed by atoms with van der Waals surface area (Å²) >= 11 is 0.963. The van der Waals surface area contributed by atoms with Crippen LogP contribution >= 0.6 is 11.8 Å². The number of rotatable bonds is 3. The van der Waals surface area contributed by atoms with Crippen molar-refractivity contribution in [1.29, 1.82) is 10.7 Å². The van der Waals surface area contributed by atoms with Crippen LogP contribution in [0.3, 0.4) is 0 Å². The van der Waals surface area contributed by atoms with E-state index in [2.05, 4.69) is 0 Å². The smallest absolute Gasteiger partial charge is 0.134 e. The molecule has 0 aromatic carbocycles. The fraction of sp³-hybridized carbons (Fsp3) is 0.333. The van der Waals surface area contributed by atoms with E-state index in [1.165, 1.54) is 6.08 Å². The molecule has 0 spiro atoms. The van der Waals surface area contributed by atoms with Crippen LogP contribution in [-0.2, 0) is 0 Å². The number of nitriles is 1. The maximum Gasteiger partial charge on any atom is 0.134 e. The predicted octanol–water partition coefficient (Wildman–Crippen LogP) is 1.68. The second-order valence-electron chi connectivity index (χ2n) is 1.61. The van der Waals surface area contributed by atoms with E-state index >= 15 is 0 Å². The van der Waals surface area contributed by atoms with Crippen molar-refractivity contribution >= 4 is 18.0 Å². The third-order valence-electron chi connectivity index (χ3n) is 0.900. The van der Waals surface area contributed by atoms with E-state index in [4.69, 9.17) is 15.8 Å². The SMILES string of the molecule is C[C@H](SC#N)/C(O)=C/C=N. The Morgan fingerprint density at radius 1 is 1.90 bits per heavy atom. The molecular formula is C6H8N2OS. The van der Waals surface area contributed by atoms with Crippen molar-refractivity contribution in [2.75, 3.05) is 0 Å². The lowest BCUT2D eigenvalue weighted by atomic mass is 10.4. The zero-order valence-electron chi connectivity index (χ0n) is 5.53. The molecule has 0 aliphatic rings. The Labute approximate surface area is 63.9 Å². The van der Waals surface area contributed by atoms with Gasteiger partial charge in [0.05, 0.1) is 5.25 Å². The molecule has 0 bridgehead atoms. The van der Waals surface area contributed by atoms with E-state index in [9.17, 15) is 0 Å². The van der Waals surface area contributed by atoms with E-state index < -0.39 is 0 Å². The first-order valence-electron chi connectivity index (χ1n) is 2.66. The minimum absolute atomic E-state index is 0.0570. The van der Waals surface area contributed by atoms with Crippen LogP contribution in [0.25, 0.3) is 0 Å². The van der Waals surface area contributed by atoms with Crippen molar-refractivity contribution in [2.24, 2.45) is 0 Å². The van der Waals surface area contributed by atoms with Gasteiger partial charge in [0.1, 0.15) is 11.2 Å². The topological polar surface area (TPSA) is 67.9 Å². The number of hydrogen-bond donors (Lipinski definition) is 2. The number of aliphatic hydroxyl groups excluding tert-OH is 1. The average molecular weight is 156 g/mol. The van der Waals surface area contributed by atoms with Gasteiger partial charge in [-0.25, -0.2) is 0 Å². The Balaban J connectivity index is 3.95. The van der Waals surface area contributed by atoms with Crippen LogP contribution in [0, 0.1) is 16.1 Å². The van der Waals surface area contributed by atoms with Crippen molar-refractivity contribution in [2.45, 2.75) is 12.2 Å². The van der Waals surface area contributed by atoms with Crippen LogP contribution in [0.2, 0.25) is 0 Å². The lowest BCUT2D eigenvalue weighted by molar-refractivity contribution is 0.400. The molecule has 10 heavy (non-hydrogen) atoms. The average Bonchev–Trinajstić information content (AvgIpc) is 1.89. The molecule has 0 saturated carbocycles. The highest BCUT2D eigenvalue weighted by atomic mass is 32.2. The van der Waals surface area contributed by atoms with Crippen LogP contribution in [0.4, 0.5) is 0 Å². The minimum atomic E-state index is -0.244. The fourth-order valence-electron chi connectivity index (χ4n) is 0.360. The summed E-state index contributed by atoms with van der Waals surface area (Å²) in [7, 11) is 0. The largest absolute Gasteiger partial charge is 0.511 e. The van der Waals surface area contributed by atoms with Gasteiger partial charge in [-0.1, -0.05) is 0 Å². The van der Waals surface area contributed by atoms with Crippen molar-refractivity contribution in [3.63, 3.8) is 0 Å². The molecule has 0 aliphatic carbocycles. The number of nitrogens with one attached hydrogen (secondary N) is 1.